The van der Waals surface area contributed by atoms with Crippen molar-refractivity contribution < 1.29 is 27.5 Å². The maximum atomic E-state index is 13.2. The van der Waals surface area contributed by atoms with E-state index in [0.717, 1.165) is 17.0 Å². The van der Waals surface area contributed by atoms with Crippen LogP contribution in [0.4, 0.5) is 18.9 Å². The molecule has 10 heteroatoms. The van der Waals surface area contributed by atoms with Crippen molar-refractivity contribution in [1.29, 1.82) is 0 Å². The minimum absolute atomic E-state index is 0.0629. The third-order valence-corrected chi connectivity index (χ3v) is 5.98. The van der Waals surface area contributed by atoms with Crippen LogP contribution >= 0.6 is 0 Å². The summed E-state index contributed by atoms with van der Waals surface area (Å²) in [5.74, 6) is 0.00734. The molecule has 0 spiro atoms. The van der Waals surface area contributed by atoms with Crippen LogP contribution in [0.5, 0.6) is 5.75 Å². The summed E-state index contributed by atoms with van der Waals surface area (Å²) >= 11 is 0. The van der Waals surface area contributed by atoms with Gasteiger partial charge in [-0.2, -0.15) is 13.2 Å². The van der Waals surface area contributed by atoms with E-state index in [0.29, 0.717) is 43.2 Å². The fourth-order valence-electron chi connectivity index (χ4n) is 4.10. The number of ether oxygens (including phenoxy) is 1. The van der Waals surface area contributed by atoms with Gasteiger partial charge in [0.05, 0.1) is 41.7 Å². The topological polar surface area (TPSA) is 74.8 Å². The molecule has 0 radical (unpaired) electrons. The number of benzene rings is 2. The zero-order valence-electron chi connectivity index (χ0n) is 19.4. The Morgan fingerprint density at radius 1 is 1.06 bits per heavy atom. The lowest BCUT2D eigenvalue weighted by molar-refractivity contribution is -0.137. The number of piperazine rings is 1. The number of methoxy groups -OCH3 is 1. The number of halogens is 3. The van der Waals surface area contributed by atoms with Gasteiger partial charge in [0.1, 0.15) is 5.75 Å². The molecule has 2 amide bonds. The number of nitrogens with one attached hydrogen (secondary N) is 1. The molecule has 1 aliphatic rings. The molecule has 7 nitrogen and oxygen atoms in total. The van der Waals surface area contributed by atoms with Gasteiger partial charge >= 0.3 is 6.18 Å². The molecule has 4 rings (SSSR count). The number of anilines is 1. The highest BCUT2D eigenvalue weighted by Gasteiger charge is 2.33. The molecule has 1 fully saturated rings. The SMILES string of the molecule is COc1ccc2cc(C(=O)N3CCN(CC(=O)Nc4ccccc4C(F)(F)F)CC3)c(C)nc2c1. The van der Waals surface area contributed by atoms with Gasteiger partial charge in [-0.3, -0.25) is 19.5 Å². The Kier molecular flexibility index (Phi) is 6.93. The first kappa shape index (κ1) is 24.5. The van der Waals surface area contributed by atoms with Crippen molar-refractivity contribution in [2.75, 3.05) is 45.2 Å². The zero-order chi connectivity index (χ0) is 25.2. The van der Waals surface area contributed by atoms with Crippen LogP contribution in [0.2, 0.25) is 0 Å². The van der Waals surface area contributed by atoms with Gasteiger partial charge in [0.15, 0.2) is 0 Å². The Morgan fingerprint density at radius 2 is 1.77 bits per heavy atom. The van der Waals surface area contributed by atoms with E-state index in [4.69, 9.17) is 4.74 Å². The second-order valence-corrected chi connectivity index (χ2v) is 8.34. The van der Waals surface area contributed by atoms with Gasteiger partial charge in [0.2, 0.25) is 5.91 Å². The molecule has 2 aromatic carbocycles. The summed E-state index contributed by atoms with van der Waals surface area (Å²) in [6, 6.07) is 12.2. The Labute approximate surface area is 200 Å². The van der Waals surface area contributed by atoms with Crippen LogP contribution in [-0.4, -0.2) is 66.4 Å². The number of nitrogens with zero attached hydrogens (tertiary/aromatic N) is 3. The van der Waals surface area contributed by atoms with Crippen molar-refractivity contribution in [3.63, 3.8) is 0 Å². The van der Waals surface area contributed by atoms with Crippen molar-refractivity contribution in [2.45, 2.75) is 13.1 Å². The number of alkyl halides is 3. The van der Waals surface area contributed by atoms with E-state index in [2.05, 4.69) is 10.3 Å². The van der Waals surface area contributed by atoms with Gasteiger partial charge in [-0.25, -0.2) is 0 Å². The Balaban J connectivity index is 1.36. The number of aryl methyl sites for hydroxylation is 1. The molecule has 0 aliphatic carbocycles. The highest BCUT2D eigenvalue weighted by Crippen LogP contribution is 2.34. The molecule has 0 atom stereocenters. The van der Waals surface area contributed by atoms with E-state index in [1.54, 1.807) is 18.9 Å². The molecular weight excluding hydrogens is 461 g/mol. The lowest BCUT2D eigenvalue weighted by Crippen LogP contribution is -2.50. The molecule has 1 aromatic heterocycles. The van der Waals surface area contributed by atoms with Crippen LogP contribution in [0.1, 0.15) is 21.6 Å². The van der Waals surface area contributed by atoms with Crippen LogP contribution in [0, 0.1) is 6.92 Å². The summed E-state index contributed by atoms with van der Waals surface area (Å²) in [7, 11) is 1.58. The van der Waals surface area contributed by atoms with E-state index >= 15 is 0 Å². The number of hydrogen-bond acceptors (Lipinski definition) is 5. The van der Waals surface area contributed by atoms with E-state index in [1.165, 1.54) is 18.2 Å². The first-order valence-corrected chi connectivity index (χ1v) is 11.1. The summed E-state index contributed by atoms with van der Waals surface area (Å²) in [4.78, 5) is 33.6. The van der Waals surface area contributed by atoms with Crippen molar-refractivity contribution in [3.05, 3.63) is 65.4 Å². The van der Waals surface area contributed by atoms with Crippen molar-refractivity contribution in [2.24, 2.45) is 0 Å². The molecule has 1 aliphatic heterocycles. The third kappa shape index (κ3) is 5.54. The van der Waals surface area contributed by atoms with Crippen LogP contribution < -0.4 is 10.1 Å². The Hall–Kier alpha value is -3.66. The summed E-state index contributed by atoms with van der Waals surface area (Å²) in [5, 5.41) is 3.19. The molecule has 1 saturated heterocycles. The average Bonchev–Trinajstić information content (AvgIpc) is 2.83. The predicted octanol–water partition coefficient (Wildman–Crippen LogP) is 3.97. The van der Waals surface area contributed by atoms with E-state index in [1.807, 2.05) is 29.2 Å². The molecule has 184 valence electrons. The number of fused-ring (bicyclic) bond motifs is 1. The Bertz CT molecular complexity index is 1250. The van der Waals surface area contributed by atoms with Crippen LogP contribution in [0.25, 0.3) is 10.9 Å². The summed E-state index contributed by atoms with van der Waals surface area (Å²) in [6.45, 7) is 3.36. The number of amides is 2. The van der Waals surface area contributed by atoms with Gasteiger partial charge in [-0.15, -0.1) is 0 Å². The normalized spacial score (nSPS) is 14.7. The van der Waals surface area contributed by atoms with E-state index < -0.39 is 17.6 Å². The quantitative estimate of drug-likeness (QED) is 0.591. The molecule has 35 heavy (non-hydrogen) atoms. The molecule has 3 aromatic rings. The molecule has 1 N–H and O–H groups in total. The van der Waals surface area contributed by atoms with Crippen molar-refractivity contribution in [1.82, 2.24) is 14.8 Å². The van der Waals surface area contributed by atoms with Gasteiger partial charge in [0, 0.05) is 37.6 Å². The first-order valence-electron chi connectivity index (χ1n) is 11.1. The summed E-state index contributed by atoms with van der Waals surface area (Å²) in [5.41, 5.74) is 0.706. The lowest BCUT2D eigenvalue weighted by atomic mass is 10.1. The fourth-order valence-corrected chi connectivity index (χ4v) is 4.10. The number of hydrogen-bond donors (Lipinski definition) is 1. The van der Waals surface area contributed by atoms with Gasteiger partial charge in [0.25, 0.3) is 5.91 Å². The van der Waals surface area contributed by atoms with Crippen LogP contribution in [0.3, 0.4) is 0 Å². The average molecular weight is 486 g/mol. The number of para-hydroxylation sites is 1. The molecule has 0 saturated carbocycles. The maximum Gasteiger partial charge on any atom is 0.418 e. The van der Waals surface area contributed by atoms with Gasteiger partial charge < -0.3 is 15.0 Å². The fraction of sp³-hybridized carbons (Fsp3) is 0.320. The number of carbonyl (C=O) groups is 2. The highest BCUT2D eigenvalue weighted by molar-refractivity contribution is 5.99. The smallest absolute Gasteiger partial charge is 0.418 e. The van der Waals surface area contributed by atoms with Gasteiger partial charge in [-0.1, -0.05) is 12.1 Å². The van der Waals surface area contributed by atoms with E-state index in [-0.39, 0.29) is 18.1 Å². The number of pyridine rings is 1. The number of rotatable bonds is 5. The summed E-state index contributed by atoms with van der Waals surface area (Å²) in [6.07, 6.45) is -4.56. The predicted molar refractivity (Wildman–Crippen MR) is 125 cm³/mol. The standard InChI is InChI=1S/C25H25F3N4O3/c1-16-19(13-17-7-8-18(35-2)14-22(17)29-16)24(34)32-11-9-31(10-12-32)15-23(33)30-21-6-4-3-5-20(21)25(26,27)28/h3-8,13-14H,9-12,15H2,1-2H3,(H,30,33). The molecule has 0 bridgehead atoms. The minimum Gasteiger partial charge on any atom is -0.497 e. The zero-order valence-corrected chi connectivity index (χ0v) is 19.4. The van der Waals surface area contributed by atoms with Crippen molar-refractivity contribution >= 4 is 28.4 Å². The van der Waals surface area contributed by atoms with Crippen molar-refractivity contribution in [3.8, 4) is 5.75 Å². The molecular formula is C25H25F3N4O3. The lowest BCUT2D eigenvalue weighted by Gasteiger charge is -2.34. The molecule has 0 unspecified atom stereocenters. The number of carbonyl (C=O) groups excluding carboxylic acids is 2. The third-order valence-electron chi connectivity index (χ3n) is 5.98. The second kappa shape index (κ2) is 9.91. The maximum absolute atomic E-state index is 13.2. The second-order valence-electron chi connectivity index (χ2n) is 8.34. The highest BCUT2D eigenvalue weighted by atomic mass is 19.4. The Morgan fingerprint density at radius 3 is 2.46 bits per heavy atom. The van der Waals surface area contributed by atoms with Crippen LogP contribution in [0.15, 0.2) is 48.5 Å². The molecule has 2 heterocycles. The first-order chi connectivity index (χ1) is 16.7. The monoisotopic (exact) mass is 486 g/mol. The minimum atomic E-state index is -4.56. The largest absolute Gasteiger partial charge is 0.497 e. The number of aromatic nitrogens is 1. The van der Waals surface area contributed by atoms with E-state index in [9.17, 15) is 22.8 Å². The van der Waals surface area contributed by atoms with Gasteiger partial charge in [-0.05, 0) is 37.3 Å². The van der Waals surface area contributed by atoms with Crippen LogP contribution in [-0.2, 0) is 11.0 Å². The summed E-state index contributed by atoms with van der Waals surface area (Å²) < 4.78 is 44.7.